The fraction of sp³-hybridized carbons (Fsp3) is 0.105. The third kappa shape index (κ3) is 4.12. The van der Waals surface area contributed by atoms with Crippen molar-refractivity contribution >= 4 is 51.9 Å². The van der Waals surface area contributed by atoms with E-state index >= 15 is 0 Å². The second-order valence-corrected chi connectivity index (χ2v) is 6.96. The standard InChI is InChI=1S/C19H15NO4S2/c1-23-17(21)12-24-15-9-7-13(8-10-15)11-16-18(22)20(19(25)26-16)14-5-3-2-4-6-14/h2-11H,12H2,1H3. The lowest BCUT2D eigenvalue weighted by Crippen LogP contribution is -2.27. The van der Waals surface area contributed by atoms with Gasteiger partial charge in [-0.1, -0.05) is 54.3 Å². The maximum absolute atomic E-state index is 12.7. The predicted molar refractivity (Wildman–Crippen MR) is 106 cm³/mol. The van der Waals surface area contributed by atoms with Gasteiger partial charge in [0.25, 0.3) is 5.91 Å². The third-order valence-corrected chi connectivity index (χ3v) is 4.87. The van der Waals surface area contributed by atoms with E-state index in [1.54, 1.807) is 18.2 Å². The van der Waals surface area contributed by atoms with E-state index in [4.69, 9.17) is 17.0 Å². The monoisotopic (exact) mass is 385 g/mol. The Bertz CT molecular complexity index is 863. The number of methoxy groups -OCH3 is 1. The summed E-state index contributed by atoms with van der Waals surface area (Å²) in [5, 5.41) is 0. The Balaban J connectivity index is 1.73. The van der Waals surface area contributed by atoms with Crippen LogP contribution in [0, 0.1) is 0 Å². The molecule has 1 amide bonds. The molecule has 0 spiro atoms. The molecular weight excluding hydrogens is 370 g/mol. The van der Waals surface area contributed by atoms with Crippen molar-refractivity contribution in [2.24, 2.45) is 0 Å². The van der Waals surface area contributed by atoms with Gasteiger partial charge in [-0.05, 0) is 35.9 Å². The molecule has 26 heavy (non-hydrogen) atoms. The van der Waals surface area contributed by atoms with E-state index in [1.165, 1.54) is 23.8 Å². The van der Waals surface area contributed by atoms with Crippen LogP contribution in [0.1, 0.15) is 5.56 Å². The summed E-state index contributed by atoms with van der Waals surface area (Å²) >= 11 is 6.62. The van der Waals surface area contributed by atoms with Gasteiger partial charge >= 0.3 is 5.97 Å². The number of hydrogen-bond acceptors (Lipinski definition) is 6. The van der Waals surface area contributed by atoms with Gasteiger partial charge in [-0.2, -0.15) is 0 Å². The number of ether oxygens (including phenoxy) is 2. The minimum Gasteiger partial charge on any atom is -0.482 e. The van der Waals surface area contributed by atoms with Gasteiger partial charge in [-0.25, -0.2) is 4.79 Å². The molecule has 132 valence electrons. The van der Waals surface area contributed by atoms with Crippen molar-refractivity contribution in [3.05, 3.63) is 65.1 Å². The topological polar surface area (TPSA) is 55.8 Å². The largest absolute Gasteiger partial charge is 0.482 e. The minimum absolute atomic E-state index is 0.141. The highest BCUT2D eigenvalue weighted by Gasteiger charge is 2.33. The van der Waals surface area contributed by atoms with Crippen molar-refractivity contribution in [1.82, 2.24) is 0 Å². The summed E-state index contributed by atoms with van der Waals surface area (Å²) in [6, 6.07) is 16.4. The van der Waals surface area contributed by atoms with Crippen LogP contribution in [0.2, 0.25) is 0 Å². The Kier molecular flexibility index (Phi) is 5.70. The van der Waals surface area contributed by atoms with E-state index in [2.05, 4.69) is 4.74 Å². The van der Waals surface area contributed by atoms with Crippen LogP contribution in [0.25, 0.3) is 6.08 Å². The van der Waals surface area contributed by atoms with E-state index in [0.717, 1.165) is 11.3 Å². The number of carbonyl (C=O) groups is 2. The summed E-state index contributed by atoms with van der Waals surface area (Å²) in [6.07, 6.45) is 1.78. The van der Waals surface area contributed by atoms with Crippen LogP contribution in [0.15, 0.2) is 59.5 Å². The van der Waals surface area contributed by atoms with Gasteiger partial charge in [0.05, 0.1) is 17.7 Å². The van der Waals surface area contributed by atoms with Crippen molar-refractivity contribution in [2.45, 2.75) is 0 Å². The highest BCUT2D eigenvalue weighted by molar-refractivity contribution is 8.27. The molecule has 1 aliphatic heterocycles. The number of esters is 1. The molecule has 2 aromatic carbocycles. The Hall–Kier alpha value is -2.64. The zero-order valence-electron chi connectivity index (χ0n) is 13.9. The van der Waals surface area contributed by atoms with Gasteiger partial charge < -0.3 is 9.47 Å². The number of hydrogen-bond donors (Lipinski definition) is 0. The van der Waals surface area contributed by atoms with Gasteiger partial charge in [0.1, 0.15) is 5.75 Å². The maximum Gasteiger partial charge on any atom is 0.343 e. The Labute approximate surface area is 160 Å². The summed E-state index contributed by atoms with van der Waals surface area (Å²) in [6.45, 7) is -0.147. The Morgan fingerprint density at radius 2 is 1.85 bits per heavy atom. The molecule has 0 aliphatic carbocycles. The number of anilines is 1. The van der Waals surface area contributed by atoms with Gasteiger partial charge in [0.15, 0.2) is 10.9 Å². The maximum atomic E-state index is 12.7. The fourth-order valence-electron chi connectivity index (χ4n) is 2.28. The molecule has 0 unspecified atom stereocenters. The molecule has 0 bridgehead atoms. The van der Waals surface area contributed by atoms with Crippen LogP contribution >= 0.6 is 24.0 Å². The van der Waals surface area contributed by atoms with Gasteiger partial charge in [0, 0.05) is 0 Å². The SMILES string of the molecule is COC(=O)COc1ccc(C=C2SC(=S)N(c3ccccc3)C2=O)cc1. The van der Waals surface area contributed by atoms with E-state index < -0.39 is 5.97 Å². The molecule has 0 atom stereocenters. The van der Waals surface area contributed by atoms with Gasteiger partial charge in [0.2, 0.25) is 0 Å². The van der Waals surface area contributed by atoms with E-state index in [1.807, 2.05) is 42.5 Å². The molecule has 3 rings (SSSR count). The van der Waals surface area contributed by atoms with Crippen molar-refractivity contribution in [1.29, 1.82) is 0 Å². The quantitative estimate of drug-likeness (QED) is 0.445. The second-order valence-electron chi connectivity index (χ2n) is 5.29. The molecule has 2 aromatic rings. The number of benzene rings is 2. The van der Waals surface area contributed by atoms with E-state index in [0.29, 0.717) is 15.0 Å². The van der Waals surface area contributed by atoms with Crippen molar-refractivity contribution in [3.8, 4) is 5.75 Å². The molecule has 5 nitrogen and oxygen atoms in total. The molecule has 1 saturated heterocycles. The van der Waals surface area contributed by atoms with Crippen LogP contribution in [0.5, 0.6) is 5.75 Å². The van der Waals surface area contributed by atoms with Gasteiger partial charge in [-0.3, -0.25) is 9.69 Å². The summed E-state index contributed by atoms with van der Waals surface area (Å²) in [4.78, 5) is 25.8. The van der Waals surface area contributed by atoms with E-state index in [9.17, 15) is 9.59 Å². The first-order chi connectivity index (χ1) is 12.6. The fourth-order valence-corrected chi connectivity index (χ4v) is 3.58. The number of rotatable bonds is 5. The van der Waals surface area contributed by atoms with E-state index in [-0.39, 0.29) is 12.5 Å². The molecular formula is C19H15NO4S2. The number of amides is 1. The highest BCUT2D eigenvalue weighted by atomic mass is 32.2. The van der Waals surface area contributed by atoms with Crippen LogP contribution < -0.4 is 9.64 Å². The molecule has 0 radical (unpaired) electrons. The summed E-state index contributed by atoms with van der Waals surface area (Å²) in [5.41, 5.74) is 1.59. The van der Waals surface area contributed by atoms with Crippen molar-refractivity contribution < 1.29 is 19.1 Å². The predicted octanol–water partition coefficient (Wildman–Crippen LogP) is 3.64. The molecule has 1 heterocycles. The molecule has 0 saturated carbocycles. The Morgan fingerprint density at radius 3 is 2.50 bits per heavy atom. The third-order valence-electron chi connectivity index (χ3n) is 3.57. The number of para-hydroxylation sites is 1. The molecule has 1 fully saturated rings. The zero-order chi connectivity index (χ0) is 18.5. The second kappa shape index (κ2) is 8.16. The summed E-state index contributed by atoms with van der Waals surface area (Å²) in [5.74, 6) is -0.0414. The first kappa shape index (κ1) is 18.2. The van der Waals surface area contributed by atoms with Crippen LogP contribution in [0.3, 0.4) is 0 Å². The molecule has 7 heteroatoms. The van der Waals surface area contributed by atoms with Crippen LogP contribution in [-0.4, -0.2) is 29.9 Å². The first-order valence-electron chi connectivity index (χ1n) is 7.71. The smallest absolute Gasteiger partial charge is 0.343 e. The summed E-state index contributed by atoms with van der Waals surface area (Å²) in [7, 11) is 1.31. The lowest BCUT2D eigenvalue weighted by molar-refractivity contribution is -0.142. The van der Waals surface area contributed by atoms with Crippen molar-refractivity contribution in [2.75, 3.05) is 18.6 Å². The lowest BCUT2D eigenvalue weighted by atomic mass is 10.2. The number of thioether (sulfide) groups is 1. The van der Waals surface area contributed by atoms with Gasteiger partial charge in [-0.15, -0.1) is 0 Å². The van der Waals surface area contributed by atoms with Crippen LogP contribution in [-0.2, 0) is 14.3 Å². The lowest BCUT2D eigenvalue weighted by Gasteiger charge is -2.13. The summed E-state index contributed by atoms with van der Waals surface area (Å²) < 4.78 is 10.3. The van der Waals surface area contributed by atoms with Crippen LogP contribution in [0.4, 0.5) is 5.69 Å². The number of thiocarbonyl (C=S) groups is 1. The molecule has 0 aromatic heterocycles. The molecule has 1 aliphatic rings. The average molecular weight is 385 g/mol. The normalized spacial score (nSPS) is 15.4. The number of nitrogens with zero attached hydrogens (tertiary/aromatic N) is 1. The first-order valence-corrected chi connectivity index (χ1v) is 8.93. The zero-order valence-corrected chi connectivity index (χ0v) is 15.5. The minimum atomic E-state index is -0.446. The molecule has 0 N–H and O–H groups in total. The van der Waals surface area contributed by atoms with Crippen molar-refractivity contribution in [3.63, 3.8) is 0 Å². The average Bonchev–Trinajstić information content (AvgIpc) is 2.94. The highest BCUT2D eigenvalue weighted by Crippen LogP contribution is 2.35. The number of carbonyl (C=O) groups excluding carboxylic acids is 2. The Morgan fingerprint density at radius 1 is 1.15 bits per heavy atom.